The Morgan fingerprint density at radius 2 is 2.27 bits per heavy atom. The summed E-state index contributed by atoms with van der Waals surface area (Å²) in [5.41, 5.74) is 0. The Labute approximate surface area is 98.7 Å². The van der Waals surface area contributed by atoms with Crippen LogP contribution in [0, 0.1) is 0 Å². The molecule has 0 saturated carbocycles. The molecule has 0 bridgehead atoms. The van der Waals surface area contributed by atoms with E-state index in [9.17, 15) is 4.79 Å². The lowest BCUT2D eigenvalue weighted by Crippen LogP contribution is -2.24. The van der Waals surface area contributed by atoms with Crippen molar-refractivity contribution in [3.63, 3.8) is 0 Å². The van der Waals surface area contributed by atoms with Crippen LogP contribution in [0.5, 0.6) is 0 Å². The van der Waals surface area contributed by atoms with Crippen molar-refractivity contribution >= 4 is 29.3 Å². The second-order valence-electron chi connectivity index (χ2n) is 2.81. The van der Waals surface area contributed by atoms with Crippen molar-refractivity contribution in [3.8, 4) is 0 Å². The molecule has 0 spiro atoms. The van der Waals surface area contributed by atoms with Crippen molar-refractivity contribution in [1.29, 1.82) is 0 Å². The van der Waals surface area contributed by atoms with Crippen molar-refractivity contribution in [2.75, 3.05) is 12.3 Å². The molecule has 0 radical (unpaired) electrons. The molecule has 0 aliphatic heterocycles. The van der Waals surface area contributed by atoms with Gasteiger partial charge in [0.15, 0.2) is 0 Å². The summed E-state index contributed by atoms with van der Waals surface area (Å²) in [6.07, 6.45) is 1.65. The lowest BCUT2D eigenvalue weighted by molar-refractivity contribution is -0.118. The van der Waals surface area contributed by atoms with E-state index >= 15 is 0 Å². The number of halogens is 1. The van der Waals surface area contributed by atoms with E-state index in [4.69, 9.17) is 11.6 Å². The third kappa shape index (κ3) is 4.40. The number of amides is 1. The first-order valence-corrected chi connectivity index (χ1v) is 5.85. The average Bonchev–Trinajstić information content (AvgIpc) is 2.25. The predicted molar refractivity (Wildman–Crippen MR) is 65.4 cm³/mol. The van der Waals surface area contributed by atoms with Crippen molar-refractivity contribution in [3.05, 3.63) is 41.9 Å². The second kappa shape index (κ2) is 6.53. The molecular formula is C11H12ClNOS. The molecule has 0 fully saturated rings. The maximum Gasteiger partial charge on any atom is 0.230 e. The molecule has 0 atom stereocenters. The molecule has 0 aliphatic carbocycles. The third-order valence-corrected chi connectivity index (χ3v) is 3.15. The topological polar surface area (TPSA) is 29.1 Å². The third-order valence-electron chi connectivity index (χ3n) is 1.64. The van der Waals surface area contributed by atoms with Gasteiger partial charge in [-0.1, -0.05) is 29.8 Å². The van der Waals surface area contributed by atoms with Crippen molar-refractivity contribution < 1.29 is 4.79 Å². The molecule has 1 amide bonds. The Morgan fingerprint density at radius 1 is 1.53 bits per heavy atom. The normalized spacial score (nSPS) is 9.67. The summed E-state index contributed by atoms with van der Waals surface area (Å²) in [6, 6.07) is 7.47. The predicted octanol–water partition coefficient (Wildman–Crippen LogP) is 2.73. The Balaban J connectivity index is 2.40. The van der Waals surface area contributed by atoms with E-state index < -0.39 is 0 Å². The van der Waals surface area contributed by atoms with Gasteiger partial charge in [0, 0.05) is 11.4 Å². The van der Waals surface area contributed by atoms with Crippen LogP contribution >= 0.6 is 23.4 Å². The van der Waals surface area contributed by atoms with Gasteiger partial charge in [0.25, 0.3) is 0 Å². The van der Waals surface area contributed by atoms with E-state index in [0.29, 0.717) is 17.3 Å². The number of thioether (sulfide) groups is 1. The number of benzene rings is 1. The first-order valence-electron chi connectivity index (χ1n) is 4.49. The Hall–Kier alpha value is -0.930. The summed E-state index contributed by atoms with van der Waals surface area (Å²) in [7, 11) is 0. The number of hydrogen-bond donors (Lipinski definition) is 1. The quantitative estimate of drug-likeness (QED) is 0.635. The van der Waals surface area contributed by atoms with Gasteiger partial charge < -0.3 is 5.32 Å². The molecule has 2 nitrogen and oxygen atoms in total. The number of rotatable bonds is 5. The first-order chi connectivity index (χ1) is 7.24. The number of hydrogen-bond acceptors (Lipinski definition) is 2. The van der Waals surface area contributed by atoms with Crippen LogP contribution in [0.2, 0.25) is 5.02 Å². The molecule has 0 aromatic heterocycles. The molecule has 1 aromatic carbocycles. The van der Waals surface area contributed by atoms with Crippen LogP contribution in [0.4, 0.5) is 0 Å². The molecule has 0 aliphatic rings. The van der Waals surface area contributed by atoms with Gasteiger partial charge in [-0.3, -0.25) is 4.79 Å². The van der Waals surface area contributed by atoms with E-state index in [1.54, 1.807) is 6.08 Å². The molecule has 4 heteroatoms. The molecule has 0 saturated heterocycles. The van der Waals surface area contributed by atoms with Crippen molar-refractivity contribution in [2.45, 2.75) is 4.90 Å². The Kier molecular flexibility index (Phi) is 5.29. The summed E-state index contributed by atoms with van der Waals surface area (Å²) in [6.45, 7) is 4.02. The van der Waals surface area contributed by atoms with Crippen LogP contribution in [0.15, 0.2) is 41.8 Å². The van der Waals surface area contributed by atoms with Gasteiger partial charge in [0.1, 0.15) is 0 Å². The van der Waals surface area contributed by atoms with Crippen LogP contribution in [0.3, 0.4) is 0 Å². The molecule has 0 unspecified atom stereocenters. The first kappa shape index (κ1) is 12.1. The zero-order valence-corrected chi connectivity index (χ0v) is 9.77. The highest BCUT2D eigenvalue weighted by atomic mass is 35.5. The zero-order chi connectivity index (χ0) is 11.1. The fourth-order valence-corrected chi connectivity index (χ4v) is 2.01. The van der Waals surface area contributed by atoms with Gasteiger partial charge in [0.05, 0.1) is 10.8 Å². The lowest BCUT2D eigenvalue weighted by Gasteiger charge is -2.03. The van der Waals surface area contributed by atoms with Gasteiger partial charge in [0.2, 0.25) is 5.91 Å². The smallest absolute Gasteiger partial charge is 0.230 e. The van der Waals surface area contributed by atoms with Gasteiger partial charge in [-0.25, -0.2) is 0 Å². The molecule has 1 rings (SSSR count). The van der Waals surface area contributed by atoms with E-state index in [1.165, 1.54) is 11.8 Å². The van der Waals surface area contributed by atoms with Gasteiger partial charge in [-0.15, -0.1) is 18.3 Å². The van der Waals surface area contributed by atoms with Gasteiger partial charge >= 0.3 is 0 Å². The average molecular weight is 242 g/mol. The van der Waals surface area contributed by atoms with E-state index in [1.807, 2.05) is 24.3 Å². The Bertz CT molecular complexity index is 354. The maximum atomic E-state index is 11.3. The highest BCUT2D eigenvalue weighted by Crippen LogP contribution is 2.25. The van der Waals surface area contributed by atoms with Crippen molar-refractivity contribution in [1.82, 2.24) is 5.32 Å². The van der Waals surface area contributed by atoms with E-state index in [2.05, 4.69) is 11.9 Å². The summed E-state index contributed by atoms with van der Waals surface area (Å²) < 4.78 is 0. The molecule has 1 N–H and O–H groups in total. The highest BCUT2D eigenvalue weighted by Gasteiger charge is 2.03. The SMILES string of the molecule is C=CCNC(=O)CSc1ccccc1Cl. The van der Waals surface area contributed by atoms with Crippen LogP contribution in [-0.4, -0.2) is 18.2 Å². The van der Waals surface area contributed by atoms with Crippen LogP contribution in [0.25, 0.3) is 0 Å². The molecule has 0 heterocycles. The van der Waals surface area contributed by atoms with E-state index in [-0.39, 0.29) is 5.91 Å². The minimum atomic E-state index is -0.0141. The minimum absolute atomic E-state index is 0.0141. The lowest BCUT2D eigenvalue weighted by atomic mass is 10.4. The fraction of sp³-hybridized carbons (Fsp3) is 0.182. The molecule has 80 valence electrons. The van der Waals surface area contributed by atoms with Crippen LogP contribution in [0.1, 0.15) is 0 Å². The van der Waals surface area contributed by atoms with Crippen LogP contribution < -0.4 is 5.32 Å². The summed E-state index contributed by atoms with van der Waals surface area (Å²) >= 11 is 7.37. The van der Waals surface area contributed by atoms with Crippen molar-refractivity contribution in [2.24, 2.45) is 0 Å². The Morgan fingerprint density at radius 3 is 2.93 bits per heavy atom. The number of carbonyl (C=O) groups is 1. The monoisotopic (exact) mass is 241 g/mol. The van der Waals surface area contributed by atoms with Gasteiger partial charge in [-0.05, 0) is 12.1 Å². The number of nitrogens with one attached hydrogen (secondary N) is 1. The van der Waals surface area contributed by atoms with E-state index in [0.717, 1.165) is 4.90 Å². The molecule has 15 heavy (non-hydrogen) atoms. The summed E-state index contributed by atoms with van der Waals surface area (Å²) in [5, 5.41) is 3.38. The summed E-state index contributed by atoms with van der Waals surface area (Å²) in [4.78, 5) is 12.2. The van der Waals surface area contributed by atoms with Crippen LogP contribution in [-0.2, 0) is 4.79 Å². The second-order valence-corrected chi connectivity index (χ2v) is 4.24. The minimum Gasteiger partial charge on any atom is -0.352 e. The molecular weight excluding hydrogens is 230 g/mol. The number of carbonyl (C=O) groups excluding carboxylic acids is 1. The highest BCUT2D eigenvalue weighted by molar-refractivity contribution is 8.00. The largest absolute Gasteiger partial charge is 0.352 e. The standard InChI is InChI=1S/C11H12ClNOS/c1-2-7-13-11(14)8-15-10-6-4-3-5-9(10)12/h2-6H,1,7-8H2,(H,13,14). The summed E-state index contributed by atoms with van der Waals surface area (Å²) in [5.74, 6) is 0.359. The van der Waals surface area contributed by atoms with Gasteiger partial charge in [-0.2, -0.15) is 0 Å². The zero-order valence-electron chi connectivity index (χ0n) is 8.20. The molecule has 1 aromatic rings. The fourth-order valence-electron chi connectivity index (χ4n) is 0.942. The maximum absolute atomic E-state index is 11.3.